The molecule has 12 heavy (non-hydrogen) atoms. The summed E-state index contributed by atoms with van der Waals surface area (Å²) in [7, 11) is 1.95. The Morgan fingerprint density at radius 2 is 1.92 bits per heavy atom. The molecule has 0 unspecified atom stereocenters. The molecular weight excluding hydrogens is 146 g/mol. The monoisotopic (exact) mass is 167 g/mol. The molecule has 0 saturated heterocycles. The summed E-state index contributed by atoms with van der Waals surface area (Å²) >= 11 is 0. The predicted molar refractivity (Wildman–Crippen MR) is 56.1 cm³/mol. The second-order valence-electron chi connectivity index (χ2n) is 3.05. The molecule has 0 atom stereocenters. The van der Waals surface area contributed by atoms with Crippen LogP contribution in [0.1, 0.15) is 40.0 Å². The van der Waals surface area contributed by atoms with E-state index in [-0.39, 0.29) is 0 Å². The quantitative estimate of drug-likeness (QED) is 0.620. The van der Waals surface area contributed by atoms with Crippen molar-refractivity contribution in [3.63, 3.8) is 0 Å². The van der Waals surface area contributed by atoms with Crippen molar-refractivity contribution in [2.24, 2.45) is 0 Å². The van der Waals surface area contributed by atoms with Crippen LogP contribution in [0.15, 0.2) is 23.4 Å². The van der Waals surface area contributed by atoms with Crippen LogP contribution in [-0.4, -0.2) is 7.05 Å². The molecule has 0 aromatic carbocycles. The van der Waals surface area contributed by atoms with Gasteiger partial charge in [-0.05, 0) is 32.4 Å². The summed E-state index contributed by atoms with van der Waals surface area (Å²) in [4.78, 5) is 0. The SMILES string of the molecule is CC/C(=C/NC)C/C=C(\C)CC. The zero-order valence-corrected chi connectivity index (χ0v) is 8.78. The summed E-state index contributed by atoms with van der Waals surface area (Å²) in [5.41, 5.74) is 2.94. The highest BCUT2D eigenvalue weighted by molar-refractivity contribution is 5.09. The lowest BCUT2D eigenvalue weighted by Gasteiger charge is -2.01. The molecule has 1 N–H and O–H groups in total. The number of hydrogen-bond acceptors (Lipinski definition) is 1. The van der Waals surface area contributed by atoms with Crippen LogP contribution in [-0.2, 0) is 0 Å². The van der Waals surface area contributed by atoms with Crippen molar-refractivity contribution < 1.29 is 0 Å². The summed E-state index contributed by atoms with van der Waals surface area (Å²) in [6, 6.07) is 0. The van der Waals surface area contributed by atoms with E-state index in [4.69, 9.17) is 0 Å². The lowest BCUT2D eigenvalue weighted by Crippen LogP contribution is -1.95. The fraction of sp³-hybridized carbons (Fsp3) is 0.636. The van der Waals surface area contributed by atoms with Crippen LogP contribution in [0.5, 0.6) is 0 Å². The van der Waals surface area contributed by atoms with Gasteiger partial charge < -0.3 is 5.32 Å². The first kappa shape index (κ1) is 11.3. The fourth-order valence-corrected chi connectivity index (χ4v) is 0.959. The van der Waals surface area contributed by atoms with Gasteiger partial charge in [-0.25, -0.2) is 0 Å². The van der Waals surface area contributed by atoms with Gasteiger partial charge in [-0.3, -0.25) is 0 Å². The fourth-order valence-electron chi connectivity index (χ4n) is 0.959. The Morgan fingerprint density at radius 3 is 2.33 bits per heavy atom. The Kier molecular flexibility index (Phi) is 6.54. The number of rotatable bonds is 5. The van der Waals surface area contributed by atoms with Crippen molar-refractivity contribution in [2.45, 2.75) is 40.0 Å². The zero-order chi connectivity index (χ0) is 9.40. The van der Waals surface area contributed by atoms with Gasteiger partial charge in [0.25, 0.3) is 0 Å². The van der Waals surface area contributed by atoms with Crippen LogP contribution in [0, 0.1) is 0 Å². The van der Waals surface area contributed by atoms with Crippen molar-refractivity contribution >= 4 is 0 Å². The number of hydrogen-bond donors (Lipinski definition) is 1. The second-order valence-corrected chi connectivity index (χ2v) is 3.05. The van der Waals surface area contributed by atoms with Gasteiger partial charge in [0.1, 0.15) is 0 Å². The molecule has 1 nitrogen and oxygen atoms in total. The van der Waals surface area contributed by atoms with Crippen LogP contribution in [0.3, 0.4) is 0 Å². The molecule has 0 aliphatic carbocycles. The Bertz CT molecular complexity index is 166. The van der Waals surface area contributed by atoms with Crippen molar-refractivity contribution in [1.82, 2.24) is 5.32 Å². The standard InChI is InChI=1S/C11H21N/c1-5-10(3)7-8-11(6-2)9-12-4/h7,9,12H,5-6,8H2,1-4H3/b10-7+,11-9-. The van der Waals surface area contributed by atoms with Crippen LogP contribution >= 0.6 is 0 Å². The predicted octanol–water partition coefficient (Wildman–Crippen LogP) is 3.25. The first-order chi connectivity index (χ1) is 5.74. The molecular formula is C11H21N. The van der Waals surface area contributed by atoms with Gasteiger partial charge in [0.15, 0.2) is 0 Å². The number of allylic oxidation sites excluding steroid dienone is 3. The maximum absolute atomic E-state index is 3.07. The van der Waals surface area contributed by atoms with Crippen molar-refractivity contribution in [3.8, 4) is 0 Å². The lowest BCUT2D eigenvalue weighted by molar-refractivity contribution is 0.956. The third-order valence-electron chi connectivity index (χ3n) is 2.07. The summed E-state index contributed by atoms with van der Waals surface area (Å²) in [6.45, 7) is 6.57. The lowest BCUT2D eigenvalue weighted by atomic mass is 10.1. The number of nitrogens with one attached hydrogen (secondary N) is 1. The average Bonchev–Trinajstić information content (AvgIpc) is 2.11. The van der Waals surface area contributed by atoms with E-state index in [9.17, 15) is 0 Å². The van der Waals surface area contributed by atoms with Gasteiger partial charge in [-0.1, -0.05) is 31.1 Å². The molecule has 0 amide bonds. The van der Waals surface area contributed by atoms with E-state index in [2.05, 4.69) is 38.4 Å². The maximum Gasteiger partial charge on any atom is 0.00276 e. The van der Waals surface area contributed by atoms with E-state index in [1.807, 2.05) is 7.05 Å². The van der Waals surface area contributed by atoms with Gasteiger partial charge in [-0.15, -0.1) is 0 Å². The first-order valence-corrected chi connectivity index (χ1v) is 4.75. The Hall–Kier alpha value is -0.720. The maximum atomic E-state index is 3.07. The Labute approximate surface area is 76.6 Å². The molecule has 0 aliphatic rings. The highest BCUT2D eigenvalue weighted by Crippen LogP contribution is 2.09. The summed E-state index contributed by atoms with van der Waals surface area (Å²) in [6.07, 6.45) is 7.80. The van der Waals surface area contributed by atoms with Crippen LogP contribution in [0.4, 0.5) is 0 Å². The summed E-state index contributed by atoms with van der Waals surface area (Å²) in [5.74, 6) is 0. The summed E-state index contributed by atoms with van der Waals surface area (Å²) < 4.78 is 0. The molecule has 0 aromatic heterocycles. The van der Waals surface area contributed by atoms with Gasteiger partial charge in [0, 0.05) is 7.05 Å². The molecule has 70 valence electrons. The summed E-state index contributed by atoms with van der Waals surface area (Å²) in [5, 5.41) is 3.07. The van der Waals surface area contributed by atoms with Crippen LogP contribution < -0.4 is 5.32 Å². The third-order valence-corrected chi connectivity index (χ3v) is 2.07. The van der Waals surface area contributed by atoms with Crippen molar-refractivity contribution in [3.05, 3.63) is 23.4 Å². The second kappa shape index (κ2) is 6.96. The van der Waals surface area contributed by atoms with E-state index in [1.165, 1.54) is 11.1 Å². The molecule has 0 fully saturated rings. The molecule has 0 aromatic rings. The van der Waals surface area contributed by atoms with Gasteiger partial charge >= 0.3 is 0 Å². The van der Waals surface area contributed by atoms with Gasteiger partial charge in [0.2, 0.25) is 0 Å². The molecule has 0 spiro atoms. The van der Waals surface area contributed by atoms with Crippen molar-refractivity contribution in [2.75, 3.05) is 7.05 Å². The van der Waals surface area contributed by atoms with E-state index in [1.54, 1.807) is 0 Å². The molecule has 0 heterocycles. The molecule has 0 bridgehead atoms. The largest absolute Gasteiger partial charge is 0.394 e. The normalized spacial score (nSPS) is 13.3. The van der Waals surface area contributed by atoms with Crippen LogP contribution in [0.25, 0.3) is 0 Å². The average molecular weight is 167 g/mol. The topological polar surface area (TPSA) is 12.0 Å². The zero-order valence-electron chi connectivity index (χ0n) is 8.78. The highest BCUT2D eigenvalue weighted by atomic mass is 14.8. The minimum Gasteiger partial charge on any atom is -0.394 e. The van der Waals surface area contributed by atoms with E-state index >= 15 is 0 Å². The Balaban J connectivity index is 3.96. The minimum absolute atomic E-state index is 1.09. The minimum atomic E-state index is 1.09. The smallest absolute Gasteiger partial charge is 0.00276 e. The molecule has 0 saturated carbocycles. The Morgan fingerprint density at radius 1 is 1.25 bits per heavy atom. The molecule has 1 heteroatoms. The van der Waals surface area contributed by atoms with E-state index in [0.29, 0.717) is 0 Å². The van der Waals surface area contributed by atoms with E-state index in [0.717, 1.165) is 19.3 Å². The molecule has 0 aliphatic heterocycles. The van der Waals surface area contributed by atoms with E-state index < -0.39 is 0 Å². The molecule has 0 radical (unpaired) electrons. The third kappa shape index (κ3) is 5.00. The van der Waals surface area contributed by atoms with Crippen molar-refractivity contribution in [1.29, 1.82) is 0 Å². The van der Waals surface area contributed by atoms with Crippen LogP contribution in [0.2, 0.25) is 0 Å². The van der Waals surface area contributed by atoms with Gasteiger partial charge in [-0.2, -0.15) is 0 Å². The highest BCUT2D eigenvalue weighted by Gasteiger charge is 1.90. The molecule has 0 rings (SSSR count). The first-order valence-electron chi connectivity index (χ1n) is 4.75. The van der Waals surface area contributed by atoms with Gasteiger partial charge in [0.05, 0.1) is 0 Å².